The molecule has 122 valence electrons. The van der Waals surface area contributed by atoms with Gasteiger partial charge in [0.25, 0.3) is 5.91 Å². The first kappa shape index (κ1) is 15.9. The summed E-state index contributed by atoms with van der Waals surface area (Å²) < 4.78 is 0. The second kappa shape index (κ2) is 7.04. The summed E-state index contributed by atoms with van der Waals surface area (Å²) in [4.78, 5) is 27.5. The molecule has 2 aromatic heterocycles. The standard InChI is InChI=1S/C16H21N5OS/c1-11-9-12(2)18-15(17-11)20-16-19-13(10-23-16)14(22)21-7-5-3-4-6-8-21/h9-10H,3-8H2,1-2H3,(H,17,18,19,20). The second-order valence-corrected chi connectivity index (χ2v) is 6.70. The fourth-order valence-electron chi connectivity index (χ4n) is 2.74. The van der Waals surface area contributed by atoms with Gasteiger partial charge in [0, 0.05) is 29.9 Å². The van der Waals surface area contributed by atoms with Gasteiger partial charge in [-0.15, -0.1) is 11.3 Å². The lowest BCUT2D eigenvalue weighted by Gasteiger charge is -2.18. The van der Waals surface area contributed by atoms with Crippen LogP contribution in [0.25, 0.3) is 0 Å². The van der Waals surface area contributed by atoms with E-state index in [9.17, 15) is 4.79 Å². The smallest absolute Gasteiger partial charge is 0.273 e. The number of carbonyl (C=O) groups excluding carboxylic acids is 1. The molecule has 2 aromatic rings. The van der Waals surface area contributed by atoms with Crippen LogP contribution in [-0.2, 0) is 0 Å². The number of likely N-dealkylation sites (tertiary alicyclic amines) is 1. The second-order valence-electron chi connectivity index (χ2n) is 5.84. The van der Waals surface area contributed by atoms with Gasteiger partial charge in [0.2, 0.25) is 5.95 Å². The first-order valence-electron chi connectivity index (χ1n) is 7.96. The molecule has 0 radical (unpaired) electrons. The number of carbonyl (C=O) groups is 1. The van der Waals surface area contributed by atoms with E-state index in [4.69, 9.17) is 0 Å². The highest BCUT2D eigenvalue weighted by molar-refractivity contribution is 7.14. The Kier molecular flexibility index (Phi) is 4.85. The van der Waals surface area contributed by atoms with Crippen molar-refractivity contribution in [2.45, 2.75) is 39.5 Å². The molecular weight excluding hydrogens is 310 g/mol. The number of hydrogen-bond donors (Lipinski definition) is 1. The zero-order valence-electron chi connectivity index (χ0n) is 13.5. The van der Waals surface area contributed by atoms with Crippen LogP contribution in [0.1, 0.15) is 47.6 Å². The van der Waals surface area contributed by atoms with Crippen LogP contribution in [0.3, 0.4) is 0 Å². The van der Waals surface area contributed by atoms with Crippen molar-refractivity contribution in [2.75, 3.05) is 18.4 Å². The Bertz CT molecular complexity index is 671. The maximum absolute atomic E-state index is 12.5. The number of anilines is 2. The molecule has 1 fully saturated rings. The molecule has 3 heterocycles. The highest BCUT2D eigenvalue weighted by atomic mass is 32.1. The third-order valence-electron chi connectivity index (χ3n) is 3.82. The van der Waals surface area contributed by atoms with Crippen LogP contribution in [0.2, 0.25) is 0 Å². The van der Waals surface area contributed by atoms with Crippen LogP contribution in [0.4, 0.5) is 11.1 Å². The SMILES string of the molecule is Cc1cc(C)nc(Nc2nc(C(=O)N3CCCCCC3)cs2)n1. The molecule has 0 aromatic carbocycles. The van der Waals surface area contributed by atoms with Gasteiger partial charge in [0.1, 0.15) is 5.69 Å². The van der Waals surface area contributed by atoms with E-state index in [2.05, 4.69) is 20.3 Å². The Balaban J connectivity index is 1.70. The number of aryl methyl sites for hydroxylation is 2. The molecule has 1 N–H and O–H groups in total. The third kappa shape index (κ3) is 4.04. The summed E-state index contributed by atoms with van der Waals surface area (Å²) in [6.45, 7) is 5.52. The average Bonchev–Trinajstić information content (AvgIpc) is 2.79. The average molecular weight is 331 g/mol. The molecule has 0 spiro atoms. The van der Waals surface area contributed by atoms with Gasteiger partial charge in [0.05, 0.1) is 0 Å². The number of amides is 1. The number of rotatable bonds is 3. The van der Waals surface area contributed by atoms with Gasteiger partial charge in [-0.05, 0) is 32.8 Å². The van der Waals surface area contributed by atoms with Gasteiger partial charge in [-0.1, -0.05) is 12.8 Å². The minimum absolute atomic E-state index is 0.0255. The number of aromatic nitrogens is 3. The third-order valence-corrected chi connectivity index (χ3v) is 4.58. The molecule has 0 atom stereocenters. The highest BCUT2D eigenvalue weighted by Gasteiger charge is 2.20. The van der Waals surface area contributed by atoms with E-state index in [1.807, 2.05) is 24.8 Å². The topological polar surface area (TPSA) is 71.0 Å². The fourth-order valence-corrected chi connectivity index (χ4v) is 3.42. The number of hydrogen-bond acceptors (Lipinski definition) is 6. The lowest BCUT2D eigenvalue weighted by Crippen LogP contribution is -2.32. The van der Waals surface area contributed by atoms with Crippen molar-refractivity contribution in [2.24, 2.45) is 0 Å². The zero-order valence-corrected chi connectivity index (χ0v) is 14.3. The van der Waals surface area contributed by atoms with E-state index in [0.717, 1.165) is 37.3 Å². The van der Waals surface area contributed by atoms with Gasteiger partial charge in [-0.25, -0.2) is 15.0 Å². The van der Waals surface area contributed by atoms with E-state index < -0.39 is 0 Å². The van der Waals surface area contributed by atoms with Crippen molar-refractivity contribution >= 4 is 28.3 Å². The summed E-state index contributed by atoms with van der Waals surface area (Å²) in [5.41, 5.74) is 2.30. The first-order chi connectivity index (χ1) is 11.1. The monoisotopic (exact) mass is 331 g/mol. The van der Waals surface area contributed by atoms with Crippen LogP contribution in [0.5, 0.6) is 0 Å². The maximum Gasteiger partial charge on any atom is 0.273 e. The minimum Gasteiger partial charge on any atom is -0.337 e. The Labute approximate surface area is 140 Å². The Hall–Kier alpha value is -2.02. The predicted octanol–water partition coefficient (Wildman–Crippen LogP) is 3.31. The number of nitrogens with one attached hydrogen (secondary N) is 1. The van der Waals surface area contributed by atoms with Crippen LogP contribution in [-0.4, -0.2) is 38.8 Å². The lowest BCUT2D eigenvalue weighted by molar-refractivity contribution is 0.0756. The van der Waals surface area contributed by atoms with Crippen molar-refractivity contribution in [1.29, 1.82) is 0 Å². The van der Waals surface area contributed by atoms with Gasteiger partial charge in [0.15, 0.2) is 5.13 Å². The quantitative estimate of drug-likeness (QED) is 0.934. The number of nitrogens with zero attached hydrogens (tertiary/aromatic N) is 4. The highest BCUT2D eigenvalue weighted by Crippen LogP contribution is 2.21. The fraction of sp³-hybridized carbons (Fsp3) is 0.500. The molecule has 0 unspecified atom stereocenters. The molecule has 0 aliphatic carbocycles. The van der Waals surface area contributed by atoms with E-state index in [0.29, 0.717) is 16.8 Å². The Morgan fingerprint density at radius 3 is 2.39 bits per heavy atom. The molecule has 6 nitrogen and oxygen atoms in total. The normalized spacial score (nSPS) is 15.3. The largest absolute Gasteiger partial charge is 0.337 e. The van der Waals surface area contributed by atoms with Crippen molar-refractivity contribution < 1.29 is 4.79 Å². The molecule has 23 heavy (non-hydrogen) atoms. The van der Waals surface area contributed by atoms with Gasteiger partial charge in [-0.2, -0.15) is 0 Å². The summed E-state index contributed by atoms with van der Waals surface area (Å²) in [6, 6.07) is 1.92. The summed E-state index contributed by atoms with van der Waals surface area (Å²) in [5.74, 6) is 0.545. The molecule has 3 rings (SSSR count). The van der Waals surface area contributed by atoms with Gasteiger partial charge in [-0.3, -0.25) is 4.79 Å². The zero-order chi connectivity index (χ0) is 16.2. The van der Waals surface area contributed by atoms with Crippen molar-refractivity contribution in [3.8, 4) is 0 Å². The Morgan fingerprint density at radius 2 is 1.74 bits per heavy atom. The van der Waals surface area contributed by atoms with E-state index in [1.165, 1.54) is 24.2 Å². The van der Waals surface area contributed by atoms with E-state index >= 15 is 0 Å². The summed E-state index contributed by atoms with van der Waals surface area (Å²) in [5, 5.41) is 5.54. The summed E-state index contributed by atoms with van der Waals surface area (Å²) in [6.07, 6.45) is 4.57. The van der Waals surface area contributed by atoms with Gasteiger partial charge >= 0.3 is 0 Å². The van der Waals surface area contributed by atoms with Crippen molar-refractivity contribution in [3.05, 3.63) is 28.5 Å². The van der Waals surface area contributed by atoms with Crippen molar-refractivity contribution in [1.82, 2.24) is 19.9 Å². The van der Waals surface area contributed by atoms with Gasteiger partial charge < -0.3 is 10.2 Å². The van der Waals surface area contributed by atoms with Crippen LogP contribution in [0.15, 0.2) is 11.4 Å². The molecule has 1 aliphatic heterocycles. The first-order valence-corrected chi connectivity index (χ1v) is 8.84. The lowest BCUT2D eigenvalue weighted by atomic mass is 10.2. The predicted molar refractivity (Wildman–Crippen MR) is 91.3 cm³/mol. The summed E-state index contributed by atoms with van der Waals surface area (Å²) in [7, 11) is 0. The van der Waals surface area contributed by atoms with E-state index in [-0.39, 0.29) is 5.91 Å². The molecule has 1 saturated heterocycles. The molecular formula is C16H21N5OS. The van der Waals surface area contributed by atoms with Crippen LogP contribution in [0, 0.1) is 13.8 Å². The van der Waals surface area contributed by atoms with E-state index in [1.54, 1.807) is 5.38 Å². The molecule has 1 aliphatic rings. The molecule has 0 bridgehead atoms. The summed E-state index contributed by atoms with van der Waals surface area (Å²) >= 11 is 1.40. The molecule has 7 heteroatoms. The molecule has 1 amide bonds. The Morgan fingerprint density at radius 1 is 1.09 bits per heavy atom. The van der Waals surface area contributed by atoms with Crippen LogP contribution >= 0.6 is 11.3 Å². The number of thiazole rings is 1. The van der Waals surface area contributed by atoms with Crippen LogP contribution < -0.4 is 5.32 Å². The maximum atomic E-state index is 12.5. The minimum atomic E-state index is 0.0255. The van der Waals surface area contributed by atoms with Crippen molar-refractivity contribution in [3.63, 3.8) is 0 Å². The molecule has 0 saturated carbocycles.